The summed E-state index contributed by atoms with van der Waals surface area (Å²) in [5.74, 6) is 1.39. The Morgan fingerprint density at radius 1 is 0.806 bits per heavy atom. The molecule has 0 amide bonds. The summed E-state index contributed by atoms with van der Waals surface area (Å²) in [7, 11) is 0. The lowest BCUT2D eigenvalue weighted by molar-refractivity contribution is 0.162. The SMILES string of the molecule is Cc1cccc(C2CC(CNCc3cccc4ccccc34)Oc3ccccc32)c1C. The molecular formula is C29H29NO. The van der Waals surface area contributed by atoms with E-state index in [9.17, 15) is 0 Å². The van der Waals surface area contributed by atoms with Crippen LogP contribution in [-0.2, 0) is 6.54 Å². The van der Waals surface area contributed by atoms with E-state index in [0.29, 0.717) is 5.92 Å². The number of hydrogen-bond donors (Lipinski definition) is 1. The van der Waals surface area contributed by atoms with Crippen LogP contribution in [0, 0.1) is 13.8 Å². The fourth-order valence-corrected chi connectivity index (χ4v) is 4.88. The quantitative estimate of drug-likeness (QED) is 0.406. The lowest BCUT2D eigenvalue weighted by atomic mass is 9.81. The predicted octanol–water partition coefficient (Wildman–Crippen LogP) is 6.53. The zero-order valence-electron chi connectivity index (χ0n) is 18.3. The molecule has 5 rings (SSSR count). The standard InChI is InChI=1S/C29H29NO/c1-20-9-7-15-25(21(20)2)28-17-24(31-29-16-6-5-14-27(28)29)19-30-18-23-12-8-11-22-10-3-4-13-26(22)23/h3-16,24,28,30H,17-19H2,1-2H3. The van der Waals surface area contributed by atoms with Crippen molar-refractivity contribution in [2.24, 2.45) is 0 Å². The molecule has 0 spiro atoms. The molecule has 4 aromatic rings. The topological polar surface area (TPSA) is 21.3 Å². The van der Waals surface area contributed by atoms with Gasteiger partial charge in [-0.3, -0.25) is 0 Å². The van der Waals surface area contributed by atoms with E-state index in [0.717, 1.165) is 25.3 Å². The Balaban J connectivity index is 1.35. The van der Waals surface area contributed by atoms with Crippen LogP contribution in [0.5, 0.6) is 5.75 Å². The summed E-state index contributed by atoms with van der Waals surface area (Å²) >= 11 is 0. The maximum Gasteiger partial charge on any atom is 0.123 e. The highest BCUT2D eigenvalue weighted by Crippen LogP contribution is 2.41. The number of benzene rings is 4. The number of aryl methyl sites for hydroxylation is 1. The van der Waals surface area contributed by atoms with Crippen molar-refractivity contribution in [3.63, 3.8) is 0 Å². The van der Waals surface area contributed by atoms with Crippen molar-refractivity contribution in [1.82, 2.24) is 5.32 Å². The second kappa shape index (κ2) is 8.56. The van der Waals surface area contributed by atoms with Gasteiger partial charge in [-0.05, 0) is 59.4 Å². The van der Waals surface area contributed by atoms with E-state index in [2.05, 4.69) is 104 Å². The minimum atomic E-state index is 0.148. The van der Waals surface area contributed by atoms with Crippen LogP contribution in [0.25, 0.3) is 10.8 Å². The highest BCUT2D eigenvalue weighted by Gasteiger charge is 2.30. The summed E-state index contributed by atoms with van der Waals surface area (Å²) in [4.78, 5) is 0. The summed E-state index contributed by atoms with van der Waals surface area (Å²) < 4.78 is 6.42. The number of hydrogen-bond acceptors (Lipinski definition) is 2. The third-order valence-corrected chi connectivity index (χ3v) is 6.68. The lowest BCUT2D eigenvalue weighted by Crippen LogP contribution is -2.35. The molecule has 2 unspecified atom stereocenters. The van der Waals surface area contributed by atoms with Crippen LogP contribution in [0.4, 0.5) is 0 Å². The molecule has 0 fully saturated rings. The van der Waals surface area contributed by atoms with Gasteiger partial charge in [0.15, 0.2) is 0 Å². The van der Waals surface area contributed by atoms with Crippen LogP contribution in [0.1, 0.15) is 40.2 Å². The molecule has 1 aliphatic heterocycles. The minimum absolute atomic E-state index is 0.148. The molecule has 0 saturated carbocycles. The molecular weight excluding hydrogens is 378 g/mol. The average Bonchev–Trinajstić information content (AvgIpc) is 2.80. The molecule has 0 saturated heterocycles. The van der Waals surface area contributed by atoms with Gasteiger partial charge in [0.2, 0.25) is 0 Å². The highest BCUT2D eigenvalue weighted by atomic mass is 16.5. The Kier molecular flexibility index (Phi) is 5.48. The highest BCUT2D eigenvalue weighted by molar-refractivity contribution is 5.85. The number of nitrogens with one attached hydrogen (secondary N) is 1. The van der Waals surface area contributed by atoms with E-state index in [4.69, 9.17) is 4.74 Å². The number of para-hydroxylation sites is 1. The molecule has 1 heterocycles. The van der Waals surface area contributed by atoms with Crippen LogP contribution in [0.15, 0.2) is 84.9 Å². The number of fused-ring (bicyclic) bond motifs is 2. The summed E-state index contributed by atoms with van der Waals surface area (Å²) in [6.45, 7) is 6.12. The van der Waals surface area contributed by atoms with Gasteiger partial charge in [0.05, 0.1) is 0 Å². The van der Waals surface area contributed by atoms with E-state index in [1.165, 1.54) is 38.6 Å². The molecule has 2 atom stereocenters. The van der Waals surface area contributed by atoms with Crippen LogP contribution in [-0.4, -0.2) is 12.6 Å². The fourth-order valence-electron chi connectivity index (χ4n) is 4.88. The first-order chi connectivity index (χ1) is 15.2. The fraction of sp³-hybridized carbons (Fsp3) is 0.241. The monoisotopic (exact) mass is 407 g/mol. The van der Waals surface area contributed by atoms with Gasteiger partial charge >= 0.3 is 0 Å². The summed E-state index contributed by atoms with van der Waals surface area (Å²) in [6, 6.07) is 30.3. The molecule has 2 nitrogen and oxygen atoms in total. The Morgan fingerprint density at radius 3 is 2.48 bits per heavy atom. The predicted molar refractivity (Wildman–Crippen MR) is 129 cm³/mol. The second-order valence-corrected chi connectivity index (χ2v) is 8.62. The van der Waals surface area contributed by atoms with Crippen molar-refractivity contribution < 1.29 is 4.74 Å². The Bertz CT molecular complexity index is 1210. The van der Waals surface area contributed by atoms with Crippen molar-refractivity contribution in [1.29, 1.82) is 0 Å². The van der Waals surface area contributed by atoms with Gasteiger partial charge in [0, 0.05) is 24.6 Å². The maximum absolute atomic E-state index is 6.42. The minimum Gasteiger partial charge on any atom is -0.489 e. The molecule has 0 radical (unpaired) electrons. The Hall–Kier alpha value is -3.10. The van der Waals surface area contributed by atoms with Gasteiger partial charge < -0.3 is 10.1 Å². The molecule has 4 aromatic carbocycles. The van der Waals surface area contributed by atoms with Gasteiger partial charge in [-0.15, -0.1) is 0 Å². The molecule has 0 aliphatic carbocycles. The zero-order chi connectivity index (χ0) is 21.2. The summed E-state index contributed by atoms with van der Waals surface area (Å²) in [5, 5.41) is 6.28. The molecule has 1 aliphatic rings. The van der Waals surface area contributed by atoms with Gasteiger partial charge in [-0.1, -0.05) is 78.9 Å². The van der Waals surface area contributed by atoms with Crippen molar-refractivity contribution >= 4 is 10.8 Å². The normalized spacial score (nSPS) is 17.9. The molecule has 0 aromatic heterocycles. The number of ether oxygens (including phenoxy) is 1. The van der Waals surface area contributed by atoms with Crippen molar-refractivity contribution in [2.45, 2.75) is 38.8 Å². The van der Waals surface area contributed by atoms with Crippen molar-refractivity contribution in [2.75, 3.05) is 6.54 Å². The summed E-state index contributed by atoms with van der Waals surface area (Å²) in [6.07, 6.45) is 1.14. The largest absolute Gasteiger partial charge is 0.489 e. The first-order valence-electron chi connectivity index (χ1n) is 11.2. The van der Waals surface area contributed by atoms with E-state index >= 15 is 0 Å². The van der Waals surface area contributed by atoms with Crippen LogP contribution >= 0.6 is 0 Å². The van der Waals surface area contributed by atoms with Gasteiger partial charge in [0.1, 0.15) is 11.9 Å². The molecule has 1 N–H and O–H groups in total. The first kappa shape index (κ1) is 19.8. The maximum atomic E-state index is 6.42. The van der Waals surface area contributed by atoms with Gasteiger partial charge in [-0.2, -0.15) is 0 Å². The lowest BCUT2D eigenvalue weighted by Gasteiger charge is -2.33. The Labute approximate surface area is 184 Å². The van der Waals surface area contributed by atoms with E-state index < -0.39 is 0 Å². The van der Waals surface area contributed by atoms with Gasteiger partial charge in [-0.25, -0.2) is 0 Å². The average molecular weight is 408 g/mol. The van der Waals surface area contributed by atoms with Gasteiger partial charge in [0.25, 0.3) is 0 Å². The number of rotatable bonds is 5. The molecule has 0 bridgehead atoms. The van der Waals surface area contributed by atoms with Crippen LogP contribution in [0.2, 0.25) is 0 Å². The second-order valence-electron chi connectivity index (χ2n) is 8.62. The smallest absolute Gasteiger partial charge is 0.123 e. The van der Waals surface area contributed by atoms with E-state index in [1.54, 1.807) is 0 Å². The van der Waals surface area contributed by atoms with Crippen LogP contribution in [0.3, 0.4) is 0 Å². The first-order valence-corrected chi connectivity index (χ1v) is 11.2. The third kappa shape index (κ3) is 3.96. The Morgan fingerprint density at radius 2 is 1.55 bits per heavy atom. The summed E-state index contributed by atoms with van der Waals surface area (Å²) in [5.41, 5.74) is 6.82. The van der Waals surface area contributed by atoms with E-state index in [1.807, 2.05) is 0 Å². The molecule has 156 valence electrons. The van der Waals surface area contributed by atoms with Crippen molar-refractivity contribution in [3.05, 3.63) is 113 Å². The zero-order valence-corrected chi connectivity index (χ0v) is 18.3. The molecule has 2 heteroatoms. The van der Waals surface area contributed by atoms with E-state index in [-0.39, 0.29) is 6.10 Å². The third-order valence-electron chi connectivity index (χ3n) is 6.68. The van der Waals surface area contributed by atoms with Crippen LogP contribution < -0.4 is 10.1 Å². The van der Waals surface area contributed by atoms with Crippen molar-refractivity contribution in [3.8, 4) is 5.75 Å². The molecule has 31 heavy (non-hydrogen) atoms.